The lowest BCUT2D eigenvalue weighted by atomic mass is 9.73. The smallest absolute Gasteiger partial charge is 0.214 e. The molecule has 27 heavy (non-hydrogen) atoms. The molecular weight excluding hydrogens is 495 g/mol. The van der Waals surface area contributed by atoms with Gasteiger partial charge in [-0.1, -0.05) is 25.3 Å². The first-order chi connectivity index (χ1) is 12.6. The molecule has 1 saturated carbocycles. The van der Waals surface area contributed by atoms with Crippen LogP contribution < -0.4 is 10.6 Å². The summed E-state index contributed by atoms with van der Waals surface area (Å²) in [6.07, 6.45) is 7.03. The minimum atomic E-state index is -3.03. The van der Waals surface area contributed by atoms with Gasteiger partial charge < -0.3 is 10.6 Å². The highest BCUT2D eigenvalue weighted by atomic mass is 127. The molecule has 2 N–H and O–H groups in total. The number of sulfonamides is 1. The fourth-order valence-corrected chi connectivity index (χ4v) is 6.55. The summed E-state index contributed by atoms with van der Waals surface area (Å²) in [5.41, 5.74) is 0.197. The zero-order valence-corrected chi connectivity index (χ0v) is 19.9. The van der Waals surface area contributed by atoms with Gasteiger partial charge in [0, 0.05) is 43.5 Å². The molecule has 154 valence electrons. The third-order valence-corrected chi connectivity index (χ3v) is 8.60. The number of hydrogen-bond donors (Lipinski definition) is 2. The number of guanidine groups is 1. The topological polar surface area (TPSA) is 73.8 Å². The molecule has 0 bridgehead atoms. The van der Waals surface area contributed by atoms with Crippen LogP contribution in [0.3, 0.4) is 0 Å². The van der Waals surface area contributed by atoms with Crippen molar-refractivity contribution in [1.29, 1.82) is 0 Å². The van der Waals surface area contributed by atoms with Crippen molar-refractivity contribution in [1.82, 2.24) is 14.9 Å². The van der Waals surface area contributed by atoms with Crippen LogP contribution in [0, 0.1) is 0 Å². The fraction of sp³-hybridized carbons (Fsp3) is 0.722. The molecule has 1 aromatic heterocycles. The molecule has 0 spiro atoms. The Labute approximate surface area is 184 Å². The van der Waals surface area contributed by atoms with E-state index in [0.717, 1.165) is 18.9 Å². The van der Waals surface area contributed by atoms with E-state index in [2.05, 4.69) is 33.1 Å². The Morgan fingerprint density at radius 3 is 2.63 bits per heavy atom. The summed E-state index contributed by atoms with van der Waals surface area (Å²) in [6, 6.07) is 4.39. The largest absolute Gasteiger partial charge is 0.355 e. The quantitative estimate of drug-likeness (QED) is 0.340. The minimum Gasteiger partial charge on any atom is -0.355 e. The second kappa shape index (κ2) is 10.4. The highest BCUT2D eigenvalue weighted by molar-refractivity contribution is 14.0. The molecule has 1 aliphatic carbocycles. The lowest BCUT2D eigenvalue weighted by Gasteiger charge is -2.37. The molecule has 3 rings (SSSR count). The molecule has 9 heteroatoms. The first-order valence-electron chi connectivity index (χ1n) is 9.52. The molecule has 0 atom stereocenters. The van der Waals surface area contributed by atoms with Crippen molar-refractivity contribution in [2.45, 2.75) is 43.9 Å². The first kappa shape index (κ1) is 22.9. The monoisotopic (exact) mass is 526 g/mol. The zero-order valence-electron chi connectivity index (χ0n) is 15.9. The van der Waals surface area contributed by atoms with Gasteiger partial charge in [-0.3, -0.25) is 4.99 Å². The van der Waals surface area contributed by atoms with Crippen LogP contribution in [0.5, 0.6) is 0 Å². The Morgan fingerprint density at radius 2 is 2.04 bits per heavy atom. The third-order valence-electron chi connectivity index (χ3n) is 5.53. The van der Waals surface area contributed by atoms with Crippen LogP contribution in [0.25, 0.3) is 0 Å². The summed E-state index contributed by atoms with van der Waals surface area (Å²) in [4.78, 5) is 5.78. The summed E-state index contributed by atoms with van der Waals surface area (Å²) < 4.78 is 25.3. The van der Waals surface area contributed by atoms with Gasteiger partial charge in [0.1, 0.15) is 0 Å². The van der Waals surface area contributed by atoms with Crippen LogP contribution in [0.2, 0.25) is 0 Å². The lowest BCUT2D eigenvalue weighted by Crippen LogP contribution is -2.47. The Bertz CT molecular complexity index is 701. The second-order valence-corrected chi connectivity index (χ2v) is 10.3. The van der Waals surface area contributed by atoms with Gasteiger partial charge >= 0.3 is 0 Å². The maximum atomic E-state index is 11.9. The maximum Gasteiger partial charge on any atom is 0.214 e. The summed E-state index contributed by atoms with van der Waals surface area (Å²) in [6.45, 7) is 2.58. The predicted molar refractivity (Wildman–Crippen MR) is 124 cm³/mol. The molecular formula is C18H31IN4O2S2. The van der Waals surface area contributed by atoms with Crippen molar-refractivity contribution in [3.05, 3.63) is 22.4 Å². The number of hydrogen-bond acceptors (Lipinski definition) is 4. The first-order valence-corrected chi connectivity index (χ1v) is 12.0. The SMILES string of the molecule is CN=C(NCCN1CCCS1(=O)=O)NCC1(c2cccs2)CCCCC1.I. The molecule has 0 aromatic carbocycles. The van der Waals surface area contributed by atoms with E-state index < -0.39 is 10.0 Å². The molecule has 2 fully saturated rings. The Hall–Kier alpha value is -0.390. The van der Waals surface area contributed by atoms with E-state index in [0.29, 0.717) is 19.6 Å². The van der Waals surface area contributed by atoms with Gasteiger partial charge in [-0.25, -0.2) is 12.7 Å². The molecule has 0 amide bonds. The molecule has 1 aromatic rings. The van der Waals surface area contributed by atoms with Crippen molar-refractivity contribution in [3.8, 4) is 0 Å². The van der Waals surface area contributed by atoms with Crippen LogP contribution >= 0.6 is 35.3 Å². The molecule has 0 radical (unpaired) electrons. The molecule has 1 aliphatic heterocycles. The average Bonchev–Trinajstić information content (AvgIpc) is 3.29. The summed E-state index contributed by atoms with van der Waals surface area (Å²) in [5.74, 6) is 1.03. The number of nitrogens with zero attached hydrogens (tertiary/aromatic N) is 2. The van der Waals surface area contributed by atoms with E-state index in [9.17, 15) is 8.42 Å². The number of aliphatic imine (C=N–C) groups is 1. The van der Waals surface area contributed by atoms with E-state index in [1.54, 1.807) is 11.4 Å². The fourth-order valence-electron chi connectivity index (χ4n) is 4.03. The van der Waals surface area contributed by atoms with E-state index in [-0.39, 0.29) is 35.1 Å². The number of rotatable bonds is 6. The predicted octanol–water partition coefficient (Wildman–Crippen LogP) is 2.77. The van der Waals surface area contributed by atoms with Crippen molar-refractivity contribution >= 4 is 51.3 Å². The average molecular weight is 527 g/mol. The highest BCUT2D eigenvalue weighted by Crippen LogP contribution is 2.41. The van der Waals surface area contributed by atoms with Crippen LogP contribution in [0.15, 0.2) is 22.5 Å². The van der Waals surface area contributed by atoms with Crippen LogP contribution in [-0.4, -0.2) is 57.7 Å². The highest BCUT2D eigenvalue weighted by Gasteiger charge is 2.35. The second-order valence-electron chi connectivity index (χ2n) is 7.24. The Balaban J connectivity index is 0.00000261. The van der Waals surface area contributed by atoms with Crippen molar-refractivity contribution in [2.75, 3.05) is 39.0 Å². The lowest BCUT2D eigenvalue weighted by molar-refractivity contribution is 0.296. The maximum absolute atomic E-state index is 11.9. The number of thiophene rings is 1. The molecule has 2 aliphatic rings. The molecule has 2 heterocycles. The Kier molecular flexibility index (Phi) is 8.82. The van der Waals surface area contributed by atoms with Gasteiger partial charge in [0.25, 0.3) is 0 Å². The van der Waals surface area contributed by atoms with Crippen LogP contribution in [-0.2, 0) is 15.4 Å². The van der Waals surface area contributed by atoms with Crippen molar-refractivity contribution in [3.63, 3.8) is 0 Å². The van der Waals surface area contributed by atoms with E-state index in [4.69, 9.17) is 0 Å². The normalized spacial score (nSPS) is 22.2. The van der Waals surface area contributed by atoms with Gasteiger partial charge in [0.2, 0.25) is 10.0 Å². The van der Waals surface area contributed by atoms with Crippen LogP contribution in [0.1, 0.15) is 43.4 Å². The van der Waals surface area contributed by atoms with Gasteiger partial charge in [0.15, 0.2) is 5.96 Å². The third kappa shape index (κ3) is 5.80. The van der Waals surface area contributed by atoms with Gasteiger partial charge in [-0.2, -0.15) is 0 Å². The molecule has 6 nitrogen and oxygen atoms in total. The summed E-state index contributed by atoms with van der Waals surface area (Å²) >= 11 is 1.85. The summed E-state index contributed by atoms with van der Waals surface area (Å²) in [7, 11) is -1.26. The van der Waals surface area contributed by atoms with Gasteiger partial charge in [0.05, 0.1) is 5.75 Å². The standard InChI is InChI=1S/C18H30N4O2S2.HI/c1-19-17(20-10-12-22-11-6-14-26(22,23)24)21-15-18(8-3-2-4-9-18)16-7-5-13-25-16;/h5,7,13H,2-4,6,8-12,14-15H2,1H3,(H2,19,20,21);1H. The Morgan fingerprint density at radius 1 is 1.26 bits per heavy atom. The summed E-state index contributed by atoms with van der Waals surface area (Å²) in [5, 5.41) is 8.93. The number of halogens is 1. The van der Waals surface area contributed by atoms with Gasteiger partial charge in [-0.05, 0) is 30.7 Å². The zero-order chi connectivity index (χ0) is 18.5. The van der Waals surface area contributed by atoms with Gasteiger partial charge in [-0.15, -0.1) is 35.3 Å². The molecule has 0 unspecified atom stereocenters. The van der Waals surface area contributed by atoms with E-state index in [1.165, 1.54) is 37.0 Å². The van der Waals surface area contributed by atoms with Crippen molar-refractivity contribution in [2.24, 2.45) is 4.99 Å². The van der Waals surface area contributed by atoms with E-state index >= 15 is 0 Å². The molecule has 1 saturated heterocycles. The van der Waals surface area contributed by atoms with E-state index in [1.807, 2.05) is 11.3 Å². The minimum absolute atomic E-state index is 0. The van der Waals surface area contributed by atoms with Crippen LogP contribution in [0.4, 0.5) is 0 Å². The number of nitrogens with one attached hydrogen (secondary N) is 2. The van der Waals surface area contributed by atoms with Crippen molar-refractivity contribution < 1.29 is 8.42 Å².